The zero-order chi connectivity index (χ0) is 13.2. The van der Waals surface area contributed by atoms with Crippen molar-refractivity contribution in [1.29, 1.82) is 0 Å². The van der Waals surface area contributed by atoms with Gasteiger partial charge in [0.05, 0.1) is 5.52 Å². The summed E-state index contributed by atoms with van der Waals surface area (Å²) in [4.78, 5) is 8.68. The average Bonchev–Trinajstić information content (AvgIpc) is 2.42. The summed E-state index contributed by atoms with van der Waals surface area (Å²) < 4.78 is 1.04. The van der Waals surface area contributed by atoms with Gasteiger partial charge < -0.3 is 11.1 Å². The van der Waals surface area contributed by atoms with E-state index in [1.807, 2.05) is 12.1 Å². The molecular formula is C14H17BrN4. The van der Waals surface area contributed by atoms with Crippen molar-refractivity contribution in [3.63, 3.8) is 0 Å². The molecule has 1 aliphatic rings. The van der Waals surface area contributed by atoms with Crippen LogP contribution in [0.1, 0.15) is 25.7 Å². The lowest BCUT2D eigenvalue weighted by Crippen LogP contribution is -2.33. The molecule has 100 valence electrons. The number of rotatable bonds is 2. The summed E-state index contributed by atoms with van der Waals surface area (Å²) in [5.41, 5.74) is 6.91. The molecule has 5 heteroatoms. The highest BCUT2D eigenvalue weighted by molar-refractivity contribution is 9.10. The lowest BCUT2D eigenvalue weighted by Gasteiger charge is -2.27. The van der Waals surface area contributed by atoms with Crippen LogP contribution in [0.15, 0.2) is 29.0 Å². The molecule has 1 aliphatic carbocycles. The topological polar surface area (TPSA) is 63.8 Å². The molecule has 0 spiro atoms. The molecule has 1 saturated carbocycles. The number of hydrogen-bond donors (Lipinski definition) is 2. The number of nitrogens with one attached hydrogen (secondary N) is 1. The molecule has 19 heavy (non-hydrogen) atoms. The van der Waals surface area contributed by atoms with E-state index in [9.17, 15) is 0 Å². The van der Waals surface area contributed by atoms with E-state index in [-0.39, 0.29) is 0 Å². The molecule has 4 nitrogen and oxygen atoms in total. The Labute approximate surface area is 120 Å². The Morgan fingerprint density at radius 1 is 1.16 bits per heavy atom. The van der Waals surface area contributed by atoms with Gasteiger partial charge in [0.2, 0.25) is 0 Å². The highest BCUT2D eigenvalue weighted by atomic mass is 79.9. The smallest absolute Gasteiger partial charge is 0.137 e. The van der Waals surface area contributed by atoms with Crippen LogP contribution in [-0.2, 0) is 0 Å². The number of anilines is 1. The molecule has 0 bridgehead atoms. The molecular weight excluding hydrogens is 304 g/mol. The van der Waals surface area contributed by atoms with Crippen molar-refractivity contribution in [2.24, 2.45) is 5.73 Å². The number of hydrogen-bond acceptors (Lipinski definition) is 4. The SMILES string of the molecule is NC1CCC(Nc2ncnc3ccc(Br)cc23)CC1. The zero-order valence-corrected chi connectivity index (χ0v) is 12.2. The van der Waals surface area contributed by atoms with E-state index in [1.54, 1.807) is 6.33 Å². The first kappa shape index (κ1) is 12.8. The van der Waals surface area contributed by atoms with Crippen molar-refractivity contribution in [3.05, 3.63) is 29.0 Å². The zero-order valence-electron chi connectivity index (χ0n) is 10.6. The maximum absolute atomic E-state index is 5.94. The number of halogens is 1. The van der Waals surface area contributed by atoms with Gasteiger partial charge >= 0.3 is 0 Å². The second-order valence-electron chi connectivity index (χ2n) is 5.14. The molecule has 0 radical (unpaired) electrons. The van der Waals surface area contributed by atoms with Crippen molar-refractivity contribution >= 4 is 32.7 Å². The van der Waals surface area contributed by atoms with Gasteiger partial charge in [-0.05, 0) is 43.9 Å². The lowest BCUT2D eigenvalue weighted by atomic mass is 9.92. The summed E-state index contributed by atoms with van der Waals surface area (Å²) in [6.07, 6.45) is 6.02. The van der Waals surface area contributed by atoms with Gasteiger partial charge in [-0.25, -0.2) is 9.97 Å². The predicted octanol–water partition coefficient (Wildman–Crippen LogP) is 3.07. The Kier molecular flexibility index (Phi) is 3.66. The predicted molar refractivity (Wildman–Crippen MR) is 81.1 cm³/mol. The Morgan fingerprint density at radius 2 is 1.95 bits per heavy atom. The molecule has 0 amide bonds. The summed E-state index contributed by atoms with van der Waals surface area (Å²) in [7, 11) is 0. The standard InChI is InChI=1S/C14H17BrN4/c15-9-1-6-13-12(7-9)14(18-8-17-13)19-11-4-2-10(16)3-5-11/h1,6-8,10-11H,2-5,16H2,(H,17,18,19). The normalized spacial score (nSPS) is 23.5. The molecule has 0 saturated heterocycles. The van der Waals surface area contributed by atoms with Gasteiger partial charge in [-0.15, -0.1) is 0 Å². The van der Waals surface area contributed by atoms with Gasteiger partial charge in [0.15, 0.2) is 0 Å². The second kappa shape index (κ2) is 5.43. The third-order valence-corrected chi connectivity index (χ3v) is 4.20. The van der Waals surface area contributed by atoms with Crippen molar-refractivity contribution in [2.45, 2.75) is 37.8 Å². The van der Waals surface area contributed by atoms with E-state index in [0.717, 1.165) is 46.9 Å². The quantitative estimate of drug-likeness (QED) is 0.892. The van der Waals surface area contributed by atoms with Gasteiger partial charge in [-0.3, -0.25) is 0 Å². The Balaban J connectivity index is 1.86. The van der Waals surface area contributed by atoms with Crippen LogP contribution in [0.3, 0.4) is 0 Å². The van der Waals surface area contributed by atoms with Gasteiger partial charge in [-0.1, -0.05) is 15.9 Å². The second-order valence-corrected chi connectivity index (χ2v) is 6.06. The number of nitrogens with two attached hydrogens (primary N) is 1. The lowest BCUT2D eigenvalue weighted by molar-refractivity contribution is 0.410. The van der Waals surface area contributed by atoms with Crippen LogP contribution in [0, 0.1) is 0 Å². The van der Waals surface area contributed by atoms with E-state index in [1.165, 1.54) is 0 Å². The summed E-state index contributed by atoms with van der Waals surface area (Å²) in [6, 6.07) is 6.90. The van der Waals surface area contributed by atoms with Crippen LogP contribution in [0.4, 0.5) is 5.82 Å². The van der Waals surface area contributed by atoms with Crippen molar-refractivity contribution in [1.82, 2.24) is 9.97 Å². The Bertz CT molecular complexity index is 579. The molecule has 0 atom stereocenters. The molecule has 1 aromatic heterocycles. The fourth-order valence-electron chi connectivity index (χ4n) is 2.60. The van der Waals surface area contributed by atoms with E-state index >= 15 is 0 Å². The Morgan fingerprint density at radius 3 is 2.74 bits per heavy atom. The van der Waals surface area contributed by atoms with Gasteiger partial charge in [0, 0.05) is 21.9 Å². The molecule has 3 rings (SSSR count). The highest BCUT2D eigenvalue weighted by Gasteiger charge is 2.19. The van der Waals surface area contributed by atoms with Gasteiger partial charge in [0.1, 0.15) is 12.1 Å². The summed E-state index contributed by atoms with van der Waals surface area (Å²) >= 11 is 3.50. The minimum absolute atomic E-state index is 0.370. The fourth-order valence-corrected chi connectivity index (χ4v) is 2.96. The Hall–Kier alpha value is -1.20. The minimum Gasteiger partial charge on any atom is -0.367 e. The maximum Gasteiger partial charge on any atom is 0.137 e. The highest BCUT2D eigenvalue weighted by Crippen LogP contribution is 2.26. The summed E-state index contributed by atoms with van der Waals surface area (Å²) in [6.45, 7) is 0. The number of nitrogens with zero attached hydrogens (tertiary/aromatic N) is 2. The largest absolute Gasteiger partial charge is 0.367 e. The van der Waals surface area contributed by atoms with E-state index < -0.39 is 0 Å². The third kappa shape index (κ3) is 2.87. The maximum atomic E-state index is 5.94. The van der Waals surface area contributed by atoms with Crippen LogP contribution in [0.2, 0.25) is 0 Å². The minimum atomic E-state index is 0.370. The van der Waals surface area contributed by atoms with Crippen LogP contribution < -0.4 is 11.1 Å². The number of aromatic nitrogens is 2. The molecule has 0 aliphatic heterocycles. The molecule has 1 fully saturated rings. The number of fused-ring (bicyclic) bond motifs is 1. The van der Waals surface area contributed by atoms with Crippen molar-refractivity contribution < 1.29 is 0 Å². The van der Waals surface area contributed by atoms with Gasteiger partial charge in [-0.2, -0.15) is 0 Å². The van der Waals surface area contributed by atoms with Crippen molar-refractivity contribution in [2.75, 3.05) is 5.32 Å². The monoisotopic (exact) mass is 320 g/mol. The van der Waals surface area contributed by atoms with E-state index in [0.29, 0.717) is 12.1 Å². The molecule has 1 heterocycles. The van der Waals surface area contributed by atoms with E-state index in [2.05, 4.69) is 37.3 Å². The van der Waals surface area contributed by atoms with Crippen molar-refractivity contribution in [3.8, 4) is 0 Å². The van der Waals surface area contributed by atoms with E-state index in [4.69, 9.17) is 5.73 Å². The van der Waals surface area contributed by atoms with Crippen LogP contribution in [0.25, 0.3) is 10.9 Å². The first-order chi connectivity index (χ1) is 9.22. The van der Waals surface area contributed by atoms with Crippen LogP contribution in [-0.4, -0.2) is 22.1 Å². The average molecular weight is 321 g/mol. The van der Waals surface area contributed by atoms with Gasteiger partial charge in [0.25, 0.3) is 0 Å². The summed E-state index contributed by atoms with van der Waals surface area (Å²) in [5, 5.41) is 4.61. The molecule has 1 aromatic carbocycles. The van der Waals surface area contributed by atoms with Crippen LogP contribution in [0.5, 0.6) is 0 Å². The first-order valence-corrected chi connectivity index (χ1v) is 7.44. The molecule has 0 unspecified atom stereocenters. The van der Waals surface area contributed by atoms with Crippen LogP contribution >= 0.6 is 15.9 Å². The first-order valence-electron chi connectivity index (χ1n) is 6.65. The number of benzene rings is 1. The summed E-state index contributed by atoms with van der Waals surface area (Å²) in [5.74, 6) is 0.923. The third-order valence-electron chi connectivity index (χ3n) is 3.71. The molecule has 2 aromatic rings. The fraction of sp³-hybridized carbons (Fsp3) is 0.429. The molecule has 3 N–H and O–H groups in total.